The molecule has 2 N–H and O–H groups in total. The van der Waals surface area contributed by atoms with Crippen LogP contribution in [-0.2, 0) is 0 Å². The second-order valence-electron chi connectivity index (χ2n) is 3.77. The Bertz CT molecular complexity index is 380. The van der Waals surface area contributed by atoms with E-state index >= 15 is 0 Å². The van der Waals surface area contributed by atoms with Crippen LogP contribution < -0.4 is 15.2 Å². The predicted octanol–water partition coefficient (Wildman–Crippen LogP) is 2.84. The lowest BCUT2D eigenvalue weighted by Gasteiger charge is -2.20. The monoisotopic (exact) mass is 287 g/mol. The molecule has 1 unspecified atom stereocenters. The lowest BCUT2D eigenvalue weighted by atomic mass is 9.95. The van der Waals surface area contributed by atoms with Crippen molar-refractivity contribution in [3.63, 3.8) is 0 Å². The molecule has 0 fully saturated rings. The van der Waals surface area contributed by atoms with Crippen LogP contribution in [0, 0.1) is 6.92 Å². The van der Waals surface area contributed by atoms with Gasteiger partial charge in [-0.2, -0.15) is 0 Å². The molecule has 1 atom stereocenters. The van der Waals surface area contributed by atoms with Crippen molar-refractivity contribution in [2.24, 2.45) is 5.73 Å². The second-order valence-corrected chi connectivity index (χ2v) is 4.62. The van der Waals surface area contributed by atoms with E-state index in [-0.39, 0.29) is 5.92 Å². The fourth-order valence-electron chi connectivity index (χ4n) is 1.79. The highest BCUT2D eigenvalue weighted by Gasteiger charge is 2.19. The van der Waals surface area contributed by atoms with Gasteiger partial charge in [0.15, 0.2) is 11.5 Å². The van der Waals surface area contributed by atoms with Gasteiger partial charge in [0.05, 0.1) is 14.2 Å². The summed E-state index contributed by atoms with van der Waals surface area (Å²) in [6.45, 7) is 4.71. The van der Waals surface area contributed by atoms with E-state index in [0.29, 0.717) is 6.54 Å². The largest absolute Gasteiger partial charge is 0.493 e. The smallest absolute Gasteiger partial charge is 0.164 e. The zero-order chi connectivity index (χ0) is 12.3. The molecule has 1 rings (SSSR count). The Morgan fingerprint density at radius 2 is 2.00 bits per heavy atom. The van der Waals surface area contributed by atoms with Gasteiger partial charge in [0.1, 0.15) is 0 Å². The highest BCUT2D eigenvalue weighted by molar-refractivity contribution is 9.10. The number of benzene rings is 1. The van der Waals surface area contributed by atoms with E-state index in [9.17, 15) is 0 Å². The van der Waals surface area contributed by atoms with Crippen LogP contribution in [0.5, 0.6) is 11.5 Å². The summed E-state index contributed by atoms with van der Waals surface area (Å²) in [4.78, 5) is 0. The normalized spacial score (nSPS) is 12.4. The van der Waals surface area contributed by atoms with E-state index in [4.69, 9.17) is 15.2 Å². The Morgan fingerprint density at radius 3 is 2.44 bits per heavy atom. The topological polar surface area (TPSA) is 44.5 Å². The van der Waals surface area contributed by atoms with E-state index in [0.717, 1.165) is 27.1 Å². The van der Waals surface area contributed by atoms with Crippen LogP contribution in [-0.4, -0.2) is 20.8 Å². The number of halogens is 1. The van der Waals surface area contributed by atoms with Crippen molar-refractivity contribution >= 4 is 15.9 Å². The molecular weight excluding hydrogens is 270 g/mol. The molecular formula is C12H18BrNO2. The van der Waals surface area contributed by atoms with Crippen molar-refractivity contribution in [2.45, 2.75) is 19.8 Å². The number of nitrogens with two attached hydrogens (primary N) is 1. The third kappa shape index (κ3) is 2.33. The average Bonchev–Trinajstić information content (AvgIpc) is 2.30. The zero-order valence-electron chi connectivity index (χ0n) is 10.1. The van der Waals surface area contributed by atoms with Crippen LogP contribution >= 0.6 is 15.9 Å². The lowest BCUT2D eigenvalue weighted by molar-refractivity contribution is 0.349. The molecule has 3 nitrogen and oxygen atoms in total. The molecule has 1 aromatic carbocycles. The summed E-state index contributed by atoms with van der Waals surface area (Å²) >= 11 is 3.52. The van der Waals surface area contributed by atoms with Crippen LogP contribution in [0.1, 0.15) is 24.0 Å². The third-order valence-corrected chi connectivity index (χ3v) is 3.58. The molecule has 1 aromatic rings. The summed E-state index contributed by atoms with van der Waals surface area (Å²) in [5.74, 6) is 1.75. The third-order valence-electron chi connectivity index (χ3n) is 2.76. The van der Waals surface area contributed by atoms with Gasteiger partial charge < -0.3 is 15.2 Å². The van der Waals surface area contributed by atoms with Crippen LogP contribution in [0.15, 0.2) is 10.5 Å². The molecule has 0 heterocycles. The number of rotatable bonds is 4. The number of hydrogen-bond acceptors (Lipinski definition) is 3. The first-order chi connectivity index (χ1) is 7.56. The average molecular weight is 288 g/mol. The Morgan fingerprint density at radius 1 is 1.38 bits per heavy atom. The number of hydrogen-bond donors (Lipinski definition) is 1. The summed E-state index contributed by atoms with van der Waals surface area (Å²) in [7, 11) is 3.29. The molecule has 4 heteroatoms. The molecule has 0 saturated carbocycles. The summed E-state index contributed by atoms with van der Waals surface area (Å²) in [6.07, 6.45) is 0. The molecule has 90 valence electrons. The molecule has 0 amide bonds. The molecule has 0 saturated heterocycles. The van der Waals surface area contributed by atoms with Gasteiger partial charge in [-0.1, -0.05) is 22.9 Å². The van der Waals surface area contributed by atoms with Gasteiger partial charge in [-0.3, -0.25) is 0 Å². The van der Waals surface area contributed by atoms with Crippen LogP contribution in [0.2, 0.25) is 0 Å². The summed E-state index contributed by atoms with van der Waals surface area (Å²) in [6, 6.07) is 1.92. The quantitative estimate of drug-likeness (QED) is 0.926. The summed E-state index contributed by atoms with van der Waals surface area (Å²) < 4.78 is 11.8. The first-order valence-electron chi connectivity index (χ1n) is 5.17. The molecule has 0 spiro atoms. The molecule has 0 radical (unpaired) electrons. The minimum Gasteiger partial charge on any atom is -0.493 e. The van der Waals surface area contributed by atoms with Crippen LogP contribution in [0.4, 0.5) is 0 Å². The fourth-order valence-corrected chi connectivity index (χ4v) is 2.22. The van der Waals surface area contributed by atoms with Gasteiger partial charge in [0.25, 0.3) is 0 Å². The van der Waals surface area contributed by atoms with Crippen molar-refractivity contribution in [2.75, 3.05) is 20.8 Å². The van der Waals surface area contributed by atoms with Crippen molar-refractivity contribution in [1.82, 2.24) is 0 Å². The van der Waals surface area contributed by atoms with E-state index in [1.807, 2.05) is 13.0 Å². The van der Waals surface area contributed by atoms with E-state index in [1.54, 1.807) is 14.2 Å². The fraction of sp³-hybridized carbons (Fsp3) is 0.500. The molecule has 0 aromatic heterocycles. The first-order valence-corrected chi connectivity index (χ1v) is 5.97. The number of ether oxygens (including phenoxy) is 2. The zero-order valence-corrected chi connectivity index (χ0v) is 11.7. The van der Waals surface area contributed by atoms with Crippen molar-refractivity contribution < 1.29 is 9.47 Å². The maximum absolute atomic E-state index is 5.73. The minimum atomic E-state index is 0.237. The van der Waals surface area contributed by atoms with Gasteiger partial charge in [-0.25, -0.2) is 0 Å². The van der Waals surface area contributed by atoms with E-state index in [2.05, 4.69) is 22.9 Å². The second kappa shape index (κ2) is 5.55. The minimum absolute atomic E-state index is 0.237. The first kappa shape index (κ1) is 13.3. The Hall–Kier alpha value is -0.740. The standard InChI is InChI=1S/C12H18BrNO2/c1-7(6-14)11-8(2)9(13)5-10(15-3)12(11)16-4/h5,7H,6,14H2,1-4H3. The Balaban J connectivity index is 3.46. The van der Waals surface area contributed by atoms with Gasteiger partial charge >= 0.3 is 0 Å². The Labute approximate surface area is 105 Å². The molecule has 0 bridgehead atoms. The predicted molar refractivity (Wildman–Crippen MR) is 69.5 cm³/mol. The SMILES string of the molecule is COc1cc(Br)c(C)c(C(C)CN)c1OC. The molecule has 0 aliphatic rings. The van der Waals surface area contributed by atoms with Gasteiger partial charge in [-0.15, -0.1) is 0 Å². The number of methoxy groups -OCH3 is 2. The molecule has 0 aliphatic heterocycles. The Kier molecular flexibility index (Phi) is 4.62. The van der Waals surface area contributed by atoms with Crippen molar-refractivity contribution in [1.29, 1.82) is 0 Å². The molecule has 16 heavy (non-hydrogen) atoms. The van der Waals surface area contributed by atoms with Gasteiger partial charge in [0.2, 0.25) is 0 Å². The summed E-state index contributed by atoms with van der Waals surface area (Å²) in [5, 5.41) is 0. The highest BCUT2D eigenvalue weighted by atomic mass is 79.9. The van der Waals surface area contributed by atoms with Crippen molar-refractivity contribution in [3.05, 3.63) is 21.7 Å². The lowest BCUT2D eigenvalue weighted by Crippen LogP contribution is -2.12. The van der Waals surface area contributed by atoms with Crippen molar-refractivity contribution in [3.8, 4) is 11.5 Å². The highest BCUT2D eigenvalue weighted by Crippen LogP contribution is 2.41. The van der Waals surface area contributed by atoms with Gasteiger partial charge in [0, 0.05) is 10.0 Å². The van der Waals surface area contributed by atoms with Crippen LogP contribution in [0.3, 0.4) is 0 Å². The summed E-state index contributed by atoms with van der Waals surface area (Å²) in [5.41, 5.74) is 7.98. The van der Waals surface area contributed by atoms with E-state index < -0.39 is 0 Å². The molecule has 0 aliphatic carbocycles. The van der Waals surface area contributed by atoms with Crippen LogP contribution in [0.25, 0.3) is 0 Å². The maximum Gasteiger partial charge on any atom is 0.164 e. The maximum atomic E-state index is 5.73. The van der Waals surface area contributed by atoms with E-state index in [1.165, 1.54) is 0 Å². The van der Waals surface area contributed by atoms with Gasteiger partial charge in [-0.05, 0) is 31.0 Å².